The second-order valence-electron chi connectivity index (χ2n) is 3.50. The van der Waals surface area contributed by atoms with E-state index in [1.54, 1.807) is 0 Å². The topological polar surface area (TPSA) is 83.5 Å². The molecule has 0 aliphatic rings. The van der Waals surface area contributed by atoms with Crippen molar-refractivity contribution in [3.8, 4) is 0 Å². The summed E-state index contributed by atoms with van der Waals surface area (Å²) in [4.78, 5) is 9.95. The fourth-order valence-electron chi connectivity index (χ4n) is 1.21. The van der Waals surface area contributed by atoms with E-state index in [1.807, 2.05) is 0 Å². The van der Waals surface area contributed by atoms with Crippen molar-refractivity contribution in [1.82, 2.24) is 4.72 Å². The zero-order valence-corrected chi connectivity index (χ0v) is 10.8. The average molecular weight is 296 g/mol. The van der Waals surface area contributed by atoms with Crippen LogP contribution in [0.3, 0.4) is 0 Å². The van der Waals surface area contributed by atoms with Gasteiger partial charge in [0.2, 0.25) is 10.0 Å². The maximum atomic E-state index is 13.0. The van der Waals surface area contributed by atoms with E-state index in [9.17, 15) is 17.6 Å². The van der Waals surface area contributed by atoms with Crippen molar-refractivity contribution in [2.75, 3.05) is 6.54 Å². The van der Waals surface area contributed by atoms with Crippen LogP contribution >= 0.6 is 11.6 Å². The molecule has 0 unspecified atom stereocenters. The van der Waals surface area contributed by atoms with Gasteiger partial charge in [0.1, 0.15) is 5.82 Å². The number of nitrogens with one attached hydrogen (secondary N) is 1. The molecule has 0 aliphatic carbocycles. The summed E-state index contributed by atoms with van der Waals surface area (Å²) in [7, 11) is -3.87. The lowest BCUT2D eigenvalue weighted by atomic mass is 10.3. The van der Waals surface area contributed by atoms with Crippen molar-refractivity contribution in [2.24, 2.45) is 0 Å². The molecular formula is C10H11ClFNO4S. The Morgan fingerprint density at radius 3 is 2.61 bits per heavy atom. The largest absolute Gasteiger partial charge is 0.481 e. The van der Waals surface area contributed by atoms with Gasteiger partial charge in [-0.15, -0.1) is 0 Å². The van der Waals surface area contributed by atoms with Gasteiger partial charge in [-0.3, -0.25) is 4.79 Å². The minimum Gasteiger partial charge on any atom is -0.481 e. The molecule has 0 saturated carbocycles. The second-order valence-corrected chi connectivity index (χ2v) is 5.70. The van der Waals surface area contributed by atoms with Crippen LogP contribution in [0.1, 0.15) is 12.8 Å². The standard InChI is InChI=1S/C10H11ClFNO4S/c11-7-4-8(12)6-9(5-7)18(16,17)13-3-1-2-10(14)15/h4-6,13H,1-3H2,(H,14,15). The van der Waals surface area contributed by atoms with Crippen LogP contribution in [0.25, 0.3) is 0 Å². The van der Waals surface area contributed by atoms with Gasteiger partial charge in [-0.05, 0) is 24.6 Å². The number of aliphatic carboxylic acids is 1. The molecule has 8 heteroatoms. The molecule has 100 valence electrons. The van der Waals surface area contributed by atoms with E-state index >= 15 is 0 Å². The average Bonchev–Trinajstić information content (AvgIpc) is 2.23. The third-order valence-electron chi connectivity index (χ3n) is 2.01. The molecule has 5 nitrogen and oxygen atoms in total. The van der Waals surface area contributed by atoms with Gasteiger partial charge in [0.15, 0.2) is 0 Å². The molecule has 18 heavy (non-hydrogen) atoms. The van der Waals surface area contributed by atoms with E-state index in [1.165, 1.54) is 0 Å². The molecule has 0 spiro atoms. The van der Waals surface area contributed by atoms with E-state index in [0.717, 1.165) is 18.2 Å². The molecule has 1 aromatic rings. The third-order valence-corrected chi connectivity index (χ3v) is 3.66. The molecule has 1 rings (SSSR count). The van der Waals surface area contributed by atoms with Gasteiger partial charge in [0.05, 0.1) is 4.90 Å². The monoisotopic (exact) mass is 295 g/mol. The van der Waals surface area contributed by atoms with Gasteiger partial charge in [0.25, 0.3) is 0 Å². The molecule has 0 bridgehead atoms. The van der Waals surface area contributed by atoms with Crippen LogP contribution in [-0.4, -0.2) is 26.0 Å². The Morgan fingerprint density at radius 2 is 2.06 bits per heavy atom. The highest BCUT2D eigenvalue weighted by molar-refractivity contribution is 7.89. The Morgan fingerprint density at radius 1 is 1.39 bits per heavy atom. The normalized spacial score (nSPS) is 11.4. The number of carbonyl (C=O) groups is 1. The molecular weight excluding hydrogens is 285 g/mol. The van der Waals surface area contributed by atoms with Gasteiger partial charge in [-0.25, -0.2) is 17.5 Å². The molecule has 1 aromatic carbocycles. The number of benzene rings is 1. The van der Waals surface area contributed by atoms with Crippen LogP contribution in [0.4, 0.5) is 4.39 Å². The number of rotatable bonds is 6. The van der Waals surface area contributed by atoms with Crippen LogP contribution in [0, 0.1) is 5.82 Å². The number of carboxylic acids is 1. The highest BCUT2D eigenvalue weighted by Gasteiger charge is 2.15. The van der Waals surface area contributed by atoms with Gasteiger partial charge >= 0.3 is 5.97 Å². The van der Waals surface area contributed by atoms with Crippen molar-refractivity contribution in [1.29, 1.82) is 0 Å². The van der Waals surface area contributed by atoms with E-state index in [4.69, 9.17) is 16.7 Å². The van der Waals surface area contributed by atoms with Crippen LogP contribution < -0.4 is 4.72 Å². The number of hydrogen-bond donors (Lipinski definition) is 2. The first-order valence-corrected chi connectivity index (χ1v) is 6.85. The van der Waals surface area contributed by atoms with E-state index < -0.39 is 21.8 Å². The lowest BCUT2D eigenvalue weighted by Crippen LogP contribution is -2.25. The van der Waals surface area contributed by atoms with Gasteiger partial charge in [-0.1, -0.05) is 11.6 Å². The fraction of sp³-hybridized carbons (Fsp3) is 0.300. The number of halogens is 2. The highest BCUT2D eigenvalue weighted by Crippen LogP contribution is 2.17. The predicted molar refractivity (Wildman–Crippen MR) is 63.5 cm³/mol. The zero-order valence-electron chi connectivity index (χ0n) is 9.19. The summed E-state index contributed by atoms with van der Waals surface area (Å²) in [6.45, 7) is -0.0389. The maximum absolute atomic E-state index is 13.0. The minimum atomic E-state index is -3.87. The Labute approximate surface area is 109 Å². The second kappa shape index (κ2) is 6.12. The molecule has 0 saturated heterocycles. The third kappa shape index (κ3) is 4.59. The van der Waals surface area contributed by atoms with Crippen LogP contribution in [0.5, 0.6) is 0 Å². The number of hydrogen-bond acceptors (Lipinski definition) is 3. The van der Waals surface area contributed by atoms with Crippen molar-refractivity contribution >= 4 is 27.6 Å². The van der Waals surface area contributed by atoms with Crippen molar-refractivity contribution in [2.45, 2.75) is 17.7 Å². The highest BCUT2D eigenvalue weighted by atomic mass is 35.5. The molecule has 0 heterocycles. The first-order valence-electron chi connectivity index (χ1n) is 4.99. The number of carboxylic acid groups (broad SMARTS) is 1. The molecule has 0 atom stereocenters. The molecule has 2 N–H and O–H groups in total. The Bertz CT molecular complexity index is 527. The van der Waals surface area contributed by atoms with Crippen LogP contribution in [-0.2, 0) is 14.8 Å². The summed E-state index contributed by atoms with van der Waals surface area (Å²) >= 11 is 5.55. The smallest absolute Gasteiger partial charge is 0.303 e. The summed E-state index contributed by atoms with van der Waals surface area (Å²) in [5, 5.41) is 8.36. The lowest BCUT2D eigenvalue weighted by Gasteiger charge is -2.06. The van der Waals surface area contributed by atoms with E-state index in [-0.39, 0.29) is 29.3 Å². The van der Waals surface area contributed by atoms with Crippen molar-refractivity contribution in [3.63, 3.8) is 0 Å². The minimum absolute atomic E-state index is 0.0269. The Hall–Kier alpha value is -1.18. The molecule has 0 aliphatic heterocycles. The molecule has 0 radical (unpaired) electrons. The maximum Gasteiger partial charge on any atom is 0.303 e. The van der Waals surface area contributed by atoms with Crippen molar-refractivity contribution < 1.29 is 22.7 Å². The summed E-state index contributed by atoms with van der Waals surface area (Å²) in [5.74, 6) is -1.77. The van der Waals surface area contributed by atoms with Crippen LogP contribution in [0.15, 0.2) is 23.1 Å². The van der Waals surface area contributed by atoms with Gasteiger partial charge < -0.3 is 5.11 Å². The lowest BCUT2D eigenvalue weighted by molar-refractivity contribution is -0.137. The van der Waals surface area contributed by atoms with E-state index in [0.29, 0.717) is 0 Å². The molecule has 0 aromatic heterocycles. The van der Waals surface area contributed by atoms with E-state index in [2.05, 4.69) is 4.72 Å². The fourth-order valence-corrected chi connectivity index (χ4v) is 2.63. The summed E-state index contributed by atoms with van der Waals surface area (Å²) in [5.41, 5.74) is 0. The summed E-state index contributed by atoms with van der Waals surface area (Å²) in [6, 6.07) is 2.95. The van der Waals surface area contributed by atoms with Gasteiger partial charge in [-0.2, -0.15) is 0 Å². The quantitative estimate of drug-likeness (QED) is 0.781. The Balaban J connectivity index is 2.71. The zero-order chi connectivity index (χ0) is 13.8. The SMILES string of the molecule is O=C(O)CCCNS(=O)(=O)c1cc(F)cc(Cl)c1. The van der Waals surface area contributed by atoms with Gasteiger partial charge in [0, 0.05) is 18.0 Å². The summed E-state index contributed by atoms with van der Waals surface area (Å²) in [6.07, 6.45) is 0.00401. The summed E-state index contributed by atoms with van der Waals surface area (Å²) < 4.78 is 38.6. The number of sulfonamides is 1. The first kappa shape index (κ1) is 14.9. The first-order chi connectivity index (χ1) is 8.31. The Kier molecular flexibility index (Phi) is 5.06. The molecule has 0 amide bonds. The predicted octanol–water partition coefficient (Wildman–Crippen LogP) is 1.62. The van der Waals surface area contributed by atoms with Crippen LogP contribution in [0.2, 0.25) is 5.02 Å². The molecule has 0 fully saturated rings. The van der Waals surface area contributed by atoms with Crippen molar-refractivity contribution in [3.05, 3.63) is 29.0 Å².